The Bertz CT molecular complexity index is 908. The zero-order chi connectivity index (χ0) is 18.7. The number of carbonyl (C=O) groups is 1. The molecular formula is C19H22N2O4S. The lowest BCUT2D eigenvalue weighted by molar-refractivity contribution is -0.129. The highest BCUT2D eigenvalue weighted by molar-refractivity contribution is 7.92. The minimum absolute atomic E-state index is 0.0241. The number of benzene rings is 2. The highest BCUT2D eigenvalue weighted by atomic mass is 32.2. The Hall–Kier alpha value is -2.54. The van der Waals surface area contributed by atoms with E-state index in [1.54, 1.807) is 36.1 Å². The lowest BCUT2D eigenvalue weighted by Crippen LogP contribution is -2.34. The van der Waals surface area contributed by atoms with Crippen LogP contribution in [0.25, 0.3) is 0 Å². The molecule has 1 heterocycles. The van der Waals surface area contributed by atoms with E-state index in [-0.39, 0.29) is 10.8 Å². The van der Waals surface area contributed by atoms with Gasteiger partial charge in [-0.15, -0.1) is 0 Å². The average molecular weight is 374 g/mol. The molecule has 0 unspecified atom stereocenters. The van der Waals surface area contributed by atoms with E-state index in [0.29, 0.717) is 31.1 Å². The van der Waals surface area contributed by atoms with Crippen molar-refractivity contribution in [2.24, 2.45) is 0 Å². The van der Waals surface area contributed by atoms with Crippen molar-refractivity contribution in [1.82, 2.24) is 4.90 Å². The predicted octanol–water partition coefficient (Wildman–Crippen LogP) is 2.79. The third-order valence-electron chi connectivity index (χ3n) is 4.36. The molecule has 0 fully saturated rings. The van der Waals surface area contributed by atoms with Crippen LogP contribution in [0.15, 0.2) is 47.4 Å². The van der Waals surface area contributed by atoms with Crippen LogP contribution in [0.2, 0.25) is 0 Å². The molecule has 26 heavy (non-hydrogen) atoms. The van der Waals surface area contributed by atoms with Crippen LogP contribution >= 0.6 is 0 Å². The van der Waals surface area contributed by atoms with Gasteiger partial charge in [-0.25, -0.2) is 8.42 Å². The maximum absolute atomic E-state index is 12.6. The average Bonchev–Trinajstić information content (AvgIpc) is 2.61. The summed E-state index contributed by atoms with van der Waals surface area (Å²) in [5.41, 5.74) is 2.60. The Morgan fingerprint density at radius 2 is 1.88 bits per heavy atom. The number of amides is 1. The van der Waals surface area contributed by atoms with Crippen molar-refractivity contribution in [2.45, 2.75) is 31.7 Å². The SMILES string of the molecule is CCOc1ccc(S(=O)(=O)Nc2ccc3c(c2)CN(C(C)=O)CC3)cc1. The summed E-state index contributed by atoms with van der Waals surface area (Å²) in [6.45, 7) is 5.14. The first-order valence-electron chi connectivity index (χ1n) is 8.52. The van der Waals surface area contributed by atoms with Crippen molar-refractivity contribution in [2.75, 3.05) is 17.9 Å². The maximum atomic E-state index is 12.6. The summed E-state index contributed by atoms with van der Waals surface area (Å²) in [6, 6.07) is 11.8. The second kappa shape index (κ2) is 7.37. The van der Waals surface area contributed by atoms with E-state index in [9.17, 15) is 13.2 Å². The van der Waals surface area contributed by atoms with Crippen LogP contribution in [0.4, 0.5) is 5.69 Å². The summed E-state index contributed by atoms with van der Waals surface area (Å²) < 4.78 is 33.1. The van der Waals surface area contributed by atoms with Crippen molar-refractivity contribution in [3.8, 4) is 5.75 Å². The normalized spacial score (nSPS) is 13.8. The molecule has 0 aliphatic carbocycles. The molecule has 2 aromatic carbocycles. The number of rotatable bonds is 5. The zero-order valence-electron chi connectivity index (χ0n) is 14.9. The molecule has 0 radical (unpaired) electrons. The van der Waals surface area contributed by atoms with Gasteiger partial charge in [0.2, 0.25) is 5.91 Å². The Labute approximate surface area is 153 Å². The van der Waals surface area contributed by atoms with E-state index in [0.717, 1.165) is 17.5 Å². The molecule has 7 heteroatoms. The third-order valence-corrected chi connectivity index (χ3v) is 5.76. The van der Waals surface area contributed by atoms with E-state index in [4.69, 9.17) is 4.74 Å². The molecule has 6 nitrogen and oxygen atoms in total. The minimum atomic E-state index is -3.69. The van der Waals surface area contributed by atoms with E-state index in [1.165, 1.54) is 12.1 Å². The monoisotopic (exact) mass is 374 g/mol. The lowest BCUT2D eigenvalue weighted by atomic mass is 9.99. The fraction of sp³-hybridized carbons (Fsp3) is 0.316. The molecular weight excluding hydrogens is 352 g/mol. The summed E-state index contributed by atoms with van der Waals surface area (Å²) in [6.07, 6.45) is 0.779. The van der Waals surface area contributed by atoms with Gasteiger partial charge in [-0.2, -0.15) is 0 Å². The number of fused-ring (bicyclic) bond motifs is 1. The summed E-state index contributed by atoms with van der Waals surface area (Å²) in [7, 11) is -3.69. The molecule has 0 saturated heterocycles. The maximum Gasteiger partial charge on any atom is 0.261 e. The molecule has 0 bridgehead atoms. The zero-order valence-corrected chi connectivity index (χ0v) is 15.7. The molecule has 0 spiro atoms. The van der Waals surface area contributed by atoms with Crippen molar-refractivity contribution in [3.63, 3.8) is 0 Å². The standard InChI is InChI=1S/C19H22N2O4S/c1-3-25-18-6-8-19(9-7-18)26(23,24)20-17-5-4-15-10-11-21(14(2)22)13-16(15)12-17/h4-9,12,20H,3,10-11,13H2,1-2H3. The highest BCUT2D eigenvalue weighted by Crippen LogP contribution is 2.25. The minimum Gasteiger partial charge on any atom is -0.494 e. The van der Waals surface area contributed by atoms with E-state index >= 15 is 0 Å². The third kappa shape index (κ3) is 3.99. The first-order valence-corrected chi connectivity index (χ1v) is 10.0. The van der Waals surface area contributed by atoms with Crippen LogP contribution in [0.1, 0.15) is 25.0 Å². The van der Waals surface area contributed by atoms with Gasteiger partial charge < -0.3 is 9.64 Å². The summed E-state index contributed by atoms with van der Waals surface area (Å²) in [4.78, 5) is 13.5. The molecule has 1 aliphatic rings. The van der Waals surface area contributed by atoms with Gasteiger partial charge in [-0.1, -0.05) is 6.07 Å². The van der Waals surface area contributed by atoms with Gasteiger partial charge >= 0.3 is 0 Å². The van der Waals surface area contributed by atoms with Crippen molar-refractivity contribution in [3.05, 3.63) is 53.6 Å². The summed E-state index contributed by atoms with van der Waals surface area (Å²) >= 11 is 0. The topological polar surface area (TPSA) is 75.7 Å². The van der Waals surface area contributed by atoms with Gasteiger partial charge in [0.1, 0.15) is 5.75 Å². The fourth-order valence-electron chi connectivity index (χ4n) is 2.99. The molecule has 1 aliphatic heterocycles. The Morgan fingerprint density at radius 1 is 1.15 bits per heavy atom. The molecule has 2 aromatic rings. The van der Waals surface area contributed by atoms with Crippen molar-refractivity contribution in [1.29, 1.82) is 0 Å². The quantitative estimate of drug-likeness (QED) is 0.873. The van der Waals surface area contributed by atoms with Crippen LogP contribution in [-0.4, -0.2) is 32.4 Å². The number of carbonyl (C=O) groups excluding carboxylic acids is 1. The molecule has 1 amide bonds. The Morgan fingerprint density at radius 3 is 2.54 bits per heavy atom. The van der Waals surface area contributed by atoms with E-state index < -0.39 is 10.0 Å². The second-order valence-electron chi connectivity index (χ2n) is 6.18. The van der Waals surface area contributed by atoms with Gasteiger partial charge in [0, 0.05) is 25.7 Å². The van der Waals surface area contributed by atoms with Gasteiger partial charge in [0.15, 0.2) is 0 Å². The van der Waals surface area contributed by atoms with Gasteiger partial charge in [-0.3, -0.25) is 9.52 Å². The Balaban J connectivity index is 1.80. The number of nitrogens with zero attached hydrogens (tertiary/aromatic N) is 1. The molecule has 138 valence electrons. The number of anilines is 1. The molecule has 0 atom stereocenters. The molecule has 0 aromatic heterocycles. The summed E-state index contributed by atoms with van der Waals surface area (Å²) in [5, 5.41) is 0. The Kier molecular flexibility index (Phi) is 5.18. The number of sulfonamides is 1. The molecule has 3 rings (SSSR count). The first-order chi connectivity index (χ1) is 12.4. The lowest BCUT2D eigenvalue weighted by Gasteiger charge is -2.28. The number of hydrogen-bond acceptors (Lipinski definition) is 4. The summed E-state index contributed by atoms with van der Waals surface area (Å²) in [5.74, 6) is 0.653. The number of nitrogens with one attached hydrogen (secondary N) is 1. The molecule has 1 N–H and O–H groups in total. The van der Waals surface area contributed by atoms with Gasteiger partial charge in [-0.05, 0) is 60.9 Å². The van der Waals surface area contributed by atoms with Crippen LogP contribution < -0.4 is 9.46 Å². The number of hydrogen-bond donors (Lipinski definition) is 1. The van der Waals surface area contributed by atoms with Crippen LogP contribution in [0.3, 0.4) is 0 Å². The van der Waals surface area contributed by atoms with Crippen LogP contribution in [-0.2, 0) is 27.8 Å². The predicted molar refractivity (Wildman–Crippen MR) is 99.7 cm³/mol. The van der Waals surface area contributed by atoms with Crippen LogP contribution in [0, 0.1) is 0 Å². The van der Waals surface area contributed by atoms with Crippen LogP contribution in [0.5, 0.6) is 5.75 Å². The molecule has 0 saturated carbocycles. The number of ether oxygens (including phenoxy) is 1. The van der Waals surface area contributed by atoms with E-state index in [2.05, 4.69) is 4.72 Å². The first kappa shape index (κ1) is 18.3. The largest absolute Gasteiger partial charge is 0.494 e. The second-order valence-corrected chi connectivity index (χ2v) is 7.87. The van der Waals surface area contributed by atoms with Crippen molar-refractivity contribution >= 4 is 21.6 Å². The highest BCUT2D eigenvalue weighted by Gasteiger charge is 2.20. The van der Waals surface area contributed by atoms with Gasteiger partial charge in [0.25, 0.3) is 10.0 Å². The fourth-order valence-corrected chi connectivity index (χ4v) is 4.03. The van der Waals surface area contributed by atoms with Gasteiger partial charge in [0.05, 0.1) is 11.5 Å². The smallest absolute Gasteiger partial charge is 0.261 e. The van der Waals surface area contributed by atoms with Crippen molar-refractivity contribution < 1.29 is 17.9 Å². The van der Waals surface area contributed by atoms with E-state index in [1.807, 2.05) is 13.0 Å².